The summed E-state index contributed by atoms with van der Waals surface area (Å²) in [7, 11) is 0. The largest absolute Gasteiger partial charge is 0.323 e. The zero-order chi connectivity index (χ0) is 7.68. The van der Waals surface area contributed by atoms with Gasteiger partial charge in [0.1, 0.15) is 0 Å². The molecule has 2 nitrogen and oxygen atoms in total. The smallest absolute Gasteiger partial charge is 0.0663 e. The van der Waals surface area contributed by atoms with E-state index in [9.17, 15) is 0 Å². The Bertz CT molecular complexity index is 367. The third-order valence-electron chi connectivity index (χ3n) is 1.63. The van der Waals surface area contributed by atoms with Gasteiger partial charge in [0.25, 0.3) is 0 Å². The van der Waals surface area contributed by atoms with Gasteiger partial charge in [-0.3, -0.25) is 5.84 Å². The number of rotatable bonds is 1. The van der Waals surface area contributed by atoms with Gasteiger partial charge in [-0.2, -0.15) is 0 Å². The zero-order valence-electron chi connectivity index (χ0n) is 5.87. The fourth-order valence-corrected chi connectivity index (χ4v) is 1.98. The number of thiophene rings is 1. The second-order valence-electron chi connectivity index (χ2n) is 2.29. The van der Waals surface area contributed by atoms with E-state index in [-0.39, 0.29) is 0 Å². The third-order valence-corrected chi connectivity index (χ3v) is 2.60. The number of hydrogen-bond donors (Lipinski definition) is 2. The summed E-state index contributed by atoms with van der Waals surface area (Å²) >= 11 is 1.70. The highest BCUT2D eigenvalue weighted by atomic mass is 32.1. The maximum Gasteiger partial charge on any atom is 0.0663 e. The average molecular weight is 164 g/mol. The van der Waals surface area contributed by atoms with Crippen LogP contribution in [0.3, 0.4) is 0 Å². The van der Waals surface area contributed by atoms with E-state index >= 15 is 0 Å². The Morgan fingerprint density at radius 2 is 2.18 bits per heavy atom. The normalized spacial score (nSPS) is 10.3. The van der Waals surface area contributed by atoms with Gasteiger partial charge in [-0.05, 0) is 22.9 Å². The van der Waals surface area contributed by atoms with Crippen LogP contribution in [0.5, 0.6) is 0 Å². The number of hydrazine groups is 1. The molecular weight excluding hydrogens is 156 g/mol. The molecule has 1 aromatic carbocycles. The minimum Gasteiger partial charge on any atom is -0.323 e. The van der Waals surface area contributed by atoms with Gasteiger partial charge in [-0.25, -0.2) is 0 Å². The van der Waals surface area contributed by atoms with E-state index in [1.165, 1.54) is 10.1 Å². The lowest BCUT2D eigenvalue weighted by molar-refractivity contribution is 1.37. The van der Waals surface area contributed by atoms with Crippen LogP contribution in [0.4, 0.5) is 5.69 Å². The van der Waals surface area contributed by atoms with E-state index in [1.807, 2.05) is 12.1 Å². The lowest BCUT2D eigenvalue weighted by Gasteiger charge is -1.99. The van der Waals surface area contributed by atoms with Crippen molar-refractivity contribution >= 4 is 27.1 Å². The van der Waals surface area contributed by atoms with Crippen molar-refractivity contribution in [3.63, 3.8) is 0 Å². The highest BCUT2D eigenvalue weighted by Gasteiger charge is 1.97. The van der Waals surface area contributed by atoms with Crippen LogP contribution in [-0.4, -0.2) is 0 Å². The standard InChI is InChI=1S/C8H8N2S/c9-10-7-3-1-2-6-4-5-11-8(6)7/h1-5,10H,9H2. The summed E-state index contributed by atoms with van der Waals surface area (Å²) in [5, 5.41) is 3.30. The number of nitrogen functional groups attached to an aromatic ring is 1. The number of anilines is 1. The van der Waals surface area contributed by atoms with Crippen molar-refractivity contribution in [1.29, 1.82) is 0 Å². The Morgan fingerprint density at radius 3 is 3.00 bits per heavy atom. The molecule has 0 aliphatic rings. The molecule has 56 valence electrons. The highest BCUT2D eigenvalue weighted by molar-refractivity contribution is 7.17. The van der Waals surface area contributed by atoms with Gasteiger partial charge in [0.05, 0.1) is 10.4 Å². The molecule has 0 saturated carbocycles. The zero-order valence-corrected chi connectivity index (χ0v) is 6.69. The minimum absolute atomic E-state index is 0.998. The second-order valence-corrected chi connectivity index (χ2v) is 3.20. The van der Waals surface area contributed by atoms with E-state index < -0.39 is 0 Å². The molecule has 0 radical (unpaired) electrons. The van der Waals surface area contributed by atoms with Crippen molar-refractivity contribution in [2.75, 3.05) is 5.43 Å². The molecule has 3 N–H and O–H groups in total. The summed E-state index contributed by atoms with van der Waals surface area (Å²) < 4.78 is 1.22. The van der Waals surface area contributed by atoms with Crippen molar-refractivity contribution in [2.24, 2.45) is 5.84 Å². The van der Waals surface area contributed by atoms with E-state index in [0.717, 1.165) is 5.69 Å². The van der Waals surface area contributed by atoms with Crippen LogP contribution in [0.2, 0.25) is 0 Å². The quantitative estimate of drug-likeness (QED) is 0.501. The molecule has 0 saturated heterocycles. The van der Waals surface area contributed by atoms with Crippen molar-refractivity contribution in [3.8, 4) is 0 Å². The van der Waals surface area contributed by atoms with Gasteiger partial charge < -0.3 is 5.43 Å². The maximum absolute atomic E-state index is 5.33. The molecular formula is C8H8N2S. The first-order chi connectivity index (χ1) is 5.42. The molecule has 2 rings (SSSR count). The molecule has 0 bridgehead atoms. The van der Waals surface area contributed by atoms with Gasteiger partial charge in [0, 0.05) is 0 Å². The molecule has 3 heteroatoms. The topological polar surface area (TPSA) is 38.0 Å². The predicted molar refractivity (Wildman–Crippen MR) is 49.6 cm³/mol. The molecule has 0 aliphatic carbocycles. The molecule has 1 heterocycles. The Hall–Kier alpha value is -1.06. The summed E-state index contributed by atoms with van der Waals surface area (Å²) in [6, 6.07) is 8.12. The van der Waals surface area contributed by atoms with E-state index in [2.05, 4.69) is 22.9 Å². The van der Waals surface area contributed by atoms with Gasteiger partial charge in [-0.1, -0.05) is 12.1 Å². The van der Waals surface area contributed by atoms with Crippen molar-refractivity contribution < 1.29 is 0 Å². The summed E-state index contributed by atoms with van der Waals surface area (Å²) in [6.45, 7) is 0. The number of hydrogen-bond acceptors (Lipinski definition) is 3. The first-order valence-corrected chi connectivity index (χ1v) is 4.22. The van der Waals surface area contributed by atoms with Gasteiger partial charge in [0.2, 0.25) is 0 Å². The molecule has 1 aromatic heterocycles. The summed E-state index contributed by atoms with van der Waals surface area (Å²) in [6.07, 6.45) is 0. The summed E-state index contributed by atoms with van der Waals surface area (Å²) in [5.74, 6) is 5.33. The lowest BCUT2D eigenvalue weighted by atomic mass is 10.2. The molecule has 0 atom stereocenters. The minimum atomic E-state index is 0.998. The number of nitrogens with one attached hydrogen (secondary N) is 1. The van der Waals surface area contributed by atoms with E-state index in [4.69, 9.17) is 5.84 Å². The average Bonchev–Trinajstić information content (AvgIpc) is 2.50. The number of benzene rings is 1. The van der Waals surface area contributed by atoms with Crippen LogP contribution in [0, 0.1) is 0 Å². The first kappa shape index (κ1) is 6.64. The van der Waals surface area contributed by atoms with Gasteiger partial charge in [-0.15, -0.1) is 11.3 Å². The van der Waals surface area contributed by atoms with E-state index in [0.29, 0.717) is 0 Å². The molecule has 0 unspecified atom stereocenters. The Morgan fingerprint density at radius 1 is 1.27 bits per heavy atom. The number of nitrogens with two attached hydrogens (primary N) is 1. The van der Waals surface area contributed by atoms with Gasteiger partial charge >= 0.3 is 0 Å². The molecule has 2 aromatic rings. The molecule has 0 spiro atoms. The van der Waals surface area contributed by atoms with Crippen LogP contribution in [0.1, 0.15) is 0 Å². The van der Waals surface area contributed by atoms with Crippen molar-refractivity contribution in [1.82, 2.24) is 0 Å². The maximum atomic E-state index is 5.33. The summed E-state index contributed by atoms with van der Waals surface area (Å²) in [5.41, 5.74) is 3.66. The van der Waals surface area contributed by atoms with Crippen molar-refractivity contribution in [2.45, 2.75) is 0 Å². The van der Waals surface area contributed by atoms with Crippen LogP contribution in [0.15, 0.2) is 29.6 Å². The van der Waals surface area contributed by atoms with Gasteiger partial charge in [0.15, 0.2) is 0 Å². The number of fused-ring (bicyclic) bond motifs is 1. The molecule has 0 amide bonds. The fourth-order valence-electron chi connectivity index (χ4n) is 1.11. The van der Waals surface area contributed by atoms with Crippen LogP contribution in [-0.2, 0) is 0 Å². The summed E-state index contributed by atoms with van der Waals surface area (Å²) in [4.78, 5) is 0. The lowest BCUT2D eigenvalue weighted by Crippen LogP contribution is -2.06. The molecule has 0 aliphatic heterocycles. The van der Waals surface area contributed by atoms with Crippen LogP contribution < -0.4 is 11.3 Å². The first-order valence-electron chi connectivity index (χ1n) is 3.34. The molecule has 11 heavy (non-hydrogen) atoms. The Balaban J connectivity index is 2.79. The van der Waals surface area contributed by atoms with Crippen molar-refractivity contribution in [3.05, 3.63) is 29.6 Å². The monoisotopic (exact) mass is 164 g/mol. The van der Waals surface area contributed by atoms with Crippen LogP contribution in [0.25, 0.3) is 10.1 Å². The molecule has 0 fully saturated rings. The Kier molecular flexibility index (Phi) is 1.52. The van der Waals surface area contributed by atoms with Crippen LogP contribution >= 0.6 is 11.3 Å². The third kappa shape index (κ3) is 0.982. The highest BCUT2D eigenvalue weighted by Crippen LogP contribution is 2.27. The van der Waals surface area contributed by atoms with E-state index in [1.54, 1.807) is 11.3 Å². The Labute approximate surface area is 68.6 Å². The fraction of sp³-hybridized carbons (Fsp3) is 0. The second kappa shape index (κ2) is 2.53. The SMILES string of the molecule is NNc1cccc2ccsc12. The predicted octanol–water partition coefficient (Wildman–Crippen LogP) is 2.19.